The van der Waals surface area contributed by atoms with E-state index in [1.807, 2.05) is 25.1 Å². The SMILES string of the molecule is COc1ccc(C)cc1N1CC(C(=O)NCCC2CCCNC2)CC1=O. The molecule has 0 saturated carbocycles. The van der Waals surface area contributed by atoms with Crippen molar-refractivity contribution in [2.45, 2.75) is 32.6 Å². The highest BCUT2D eigenvalue weighted by molar-refractivity contribution is 6.01. The second-order valence-corrected chi connectivity index (χ2v) is 7.37. The van der Waals surface area contributed by atoms with E-state index in [0.717, 1.165) is 30.8 Å². The van der Waals surface area contributed by atoms with Gasteiger partial charge in [-0.3, -0.25) is 9.59 Å². The Morgan fingerprint density at radius 3 is 3.00 bits per heavy atom. The van der Waals surface area contributed by atoms with E-state index in [1.165, 1.54) is 12.8 Å². The predicted molar refractivity (Wildman–Crippen MR) is 101 cm³/mol. The zero-order chi connectivity index (χ0) is 18.5. The minimum absolute atomic E-state index is 0.0174. The lowest BCUT2D eigenvalue weighted by Gasteiger charge is -2.23. The molecule has 1 aromatic rings. The zero-order valence-corrected chi connectivity index (χ0v) is 15.7. The molecule has 6 nitrogen and oxygen atoms in total. The summed E-state index contributed by atoms with van der Waals surface area (Å²) in [5.41, 5.74) is 1.81. The van der Waals surface area contributed by atoms with Gasteiger partial charge in [-0.05, 0) is 62.9 Å². The number of piperidine rings is 1. The molecule has 2 N–H and O–H groups in total. The largest absolute Gasteiger partial charge is 0.495 e. The Hall–Kier alpha value is -2.08. The Morgan fingerprint density at radius 1 is 1.42 bits per heavy atom. The Bertz CT molecular complexity index is 656. The summed E-state index contributed by atoms with van der Waals surface area (Å²) in [6.07, 6.45) is 3.69. The molecular formula is C20H29N3O3. The molecule has 1 aromatic carbocycles. The third-order valence-electron chi connectivity index (χ3n) is 5.37. The normalized spacial score (nSPS) is 23.2. The average molecular weight is 359 g/mol. The summed E-state index contributed by atoms with van der Waals surface area (Å²) < 4.78 is 5.39. The van der Waals surface area contributed by atoms with Crippen molar-refractivity contribution in [2.24, 2.45) is 11.8 Å². The fourth-order valence-electron chi connectivity index (χ4n) is 3.84. The first-order valence-corrected chi connectivity index (χ1v) is 9.52. The number of nitrogens with zero attached hydrogens (tertiary/aromatic N) is 1. The lowest BCUT2D eigenvalue weighted by molar-refractivity contribution is -0.126. The number of benzene rings is 1. The minimum Gasteiger partial charge on any atom is -0.495 e. The van der Waals surface area contributed by atoms with Gasteiger partial charge in [-0.15, -0.1) is 0 Å². The number of nitrogens with one attached hydrogen (secondary N) is 2. The summed E-state index contributed by atoms with van der Waals surface area (Å²) in [6.45, 7) is 5.22. The smallest absolute Gasteiger partial charge is 0.227 e. The van der Waals surface area contributed by atoms with Gasteiger partial charge in [-0.25, -0.2) is 0 Å². The molecule has 2 fully saturated rings. The average Bonchev–Trinajstić information content (AvgIpc) is 3.04. The highest BCUT2D eigenvalue weighted by Crippen LogP contribution is 2.33. The maximum atomic E-state index is 12.5. The first-order chi connectivity index (χ1) is 12.6. The van der Waals surface area contributed by atoms with Crippen molar-refractivity contribution in [3.05, 3.63) is 23.8 Å². The van der Waals surface area contributed by atoms with Gasteiger partial charge in [-0.1, -0.05) is 6.07 Å². The van der Waals surface area contributed by atoms with Crippen LogP contribution in [0.2, 0.25) is 0 Å². The molecule has 2 unspecified atom stereocenters. The van der Waals surface area contributed by atoms with Crippen molar-refractivity contribution in [3.8, 4) is 5.75 Å². The third-order valence-corrected chi connectivity index (χ3v) is 5.37. The Kier molecular flexibility index (Phi) is 6.14. The van der Waals surface area contributed by atoms with Gasteiger partial charge in [0.2, 0.25) is 11.8 Å². The van der Waals surface area contributed by atoms with Crippen molar-refractivity contribution < 1.29 is 14.3 Å². The first kappa shape index (κ1) is 18.7. The van der Waals surface area contributed by atoms with Crippen LogP contribution in [-0.4, -0.2) is 45.1 Å². The Morgan fingerprint density at radius 2 is 2.27 bits per heavy atom. The lowest BCUT2D eigenvalue weighted by Crippen LogP contribution is -2.36. The van der Waals surface area contributed by atoms with Crippen LogP contribution in [0.15, 0.2) is 18.2 Å². The fraction of sp³-hybridized carbons (Fsp3) is 0.600. The minimum atomic E-state index is -0.294. The van der Waals surface area contributed by atoms with Gasteiger partial charge in [-0.2, -0.15) is 0 Å². The van der Waals surface area contributed by atoms with E-state index < -0.39 is 0 Å². The maximum Gasteiger partial charge on any atom is 0.227 e. The van der Waals surface area contributed by atoms with Gasteiger partial charge in [0.25, 0.3) is 0 Å². The van der Waals surface area contributed by atoms with E-state index in [-0.39, 0.29) is 24.2 Å². The van der Waals surface area contributed by atoms with Crippen LogP contribution in [0.5, 0.6) is 5.75 Å². The summed E-state index contributed by atoms with van der Waals surface area (Å²) >= 11 is 0. The number of aryl methyl sites for hydroxylation is 1. The molecule has 0 spiro atoms. The maximum absolute atomic E-state index is 12.5. The molecule has 0 radical (unpaired) electrons. The van der Waals surface area contributed by atoms with Crippen molar-refractivity contribution >= 4 is 17.5 Å². The quantitative estimate of drug-likeness (QED) is 0.813. The molecule has 3 rings (SSSR count). The summed E-state index contributed by atoms with van der Waals surface area (Å²) in [6, 6.07) is 5.75. The molecule has 2 saturated heterocycles. The van der Waals surface area contributed by atoms with Crippen molar-refractivity contribution in [1.82, 2.24) is 10.6 Å². The number of carbonyl (C=O) groups excluding carboxylic acids is 2. The standard InChI is InChI=1S/C20H29N3O3/c1-14-5-6-18(26-2)17(10-14)23-13-16(11-19(23)24)20(25)22-9-7-15-4-3-8-21-12-15/h5-6,10,15-16,21H,3-4,7-9,11-13H2,1-2H3,(H,22,25). The molecule has 2 aliphatic heterocycles. The van der Waals surface area contributed by atoms with Crippen LogP contribution < -0.4 is 20.3 Å². The lowest BCUT2D eigenvalue weighted by atomic mass is 9.96. The number of methoxy groups -OCH3 is 1. The van der Waals surface area contributed by atoms with Gasteiger partial charge in [0.05, 0.1) is 18.7 Å². The Labute approximate surface area is 155 Å². The van der Waals surface area contributed by atoms with Gasteiger partial charge in [0.15, 0.2) is 0 Å². The van der Waals surface area contributed by atoms with E-state index in [9.17, 15) is 9.59 Å². The number of anilines is 1. The summed E-state index contributed by atoms with van der Waals surface area (Å²) in [7, 11) is 1.60. The number of hydrogen-bond donors (Lipinski definition) is 2. The highest BCUT2D eigenvalue weighted by Gasteiger charge is 2.36. The van der Waals surface area contributed by atoms with Crippen molar-refractivity contribution in [3.63, 3.8) is 0 Å². The number of amides is 2. The molecule has 142 valence electrons. The van der Waals surface area contributed by atoms with Crippen LogP contribution in [-0.2, 0) is 9.59 Å². The molecule has 0 bridgehead atoms. The number of rotatable bonds is 6. The summed E-state index contributed by atoms with van der Waals surface area (Å²) in [4.78, 5) is 26.6. The van der Waals surface area contributed by atoms with Crippen LogP contribution in [0, 0.1) is 18.8 Å². The second kappa shape index (κ2) is 8.54. The Balaban J connectivity index is 1.55. The predicted octanol–water partition coefficient (Wildman–Crippen LogP) is 1.86. The van der Waals surface area contributed by atoms with Crippen molar-refractivity contribution in [2.75, 3.05) is 38.2 Å². The van der Waals surface area contributed by atoms with E-state index in [0.29, 0.717) is 24.8 Å². The second-order valence-electron chi connectivity index (χ2n) is 7.37. The monoisotopic (exact) mass is 359 g/mol. The van der Waals surface area contributed by atoms with E-state index in [4.69, 9.17) is 4.74 Å². The first-order valence-electron chi connectivity index (χ1n) is 9.52. The highest BCUT2D eigenvalue weighted by atomic mass is 16.5. The van der Waals surface area contributed by atoms with E-state index in [2.05, 4.69) is 10.6 Å². The molecule has 26 heavy (non-hydrogen) atoms. The zero-order valence-electron chi connectivity index (χ0n) is 15.7. The van der Waals surface area contributed by atoms with Gasteiger partial charge in [0, 0.05) is 19.5 Å². The topological polar surface area (TPSA) is 70.7 Å². The third kappa shape index (κ3) is 4.36. The number of ether oxygens (including phenoxy) is 1. The van der Waals surface area contributed by atoms with Crippen LogP contribution in [0.4, 0.5) is 5.69 Å². The van der Waals surface area contributed by atoms with E-state index >= 15 is 0 Å². The van der Waals surface area contributed by atoms with Crippen LogP contribution >= 0.6 is 0 Å². The van der Waals surface area contributed by atoms with Gasteiger partial charge in [0.1, 0.15) is 5.75 Å². The number of hydrogen-bond acceptors (Lipinski definition) is 4. The summed E-state index contributed by atoms with van der Waals surface area (Å²) in [5, 5.41) is 6.42. The molecule has 2 amide bonds. The molecule has 2 heterocycles. The molecule has 0 aromatic heterocycles. The molecular weight excluding hydrogens is 330 g/mol. The molecule has 0 aliphatic carbocycles. The summed E-state index contributed by atoms with van der Waals surface area (Å²) in [5.74, 6) is 0.969. The molecule has 6 heteroatoms. The van der Waals surface area contributed by atoms with Crippen molar-refractivity contribution in [1.29, 1.82) is 0 Å². The van der Waals surface area contributed by atoms with Crippen LogP contribution in [0.25, 0.3) is 0 Å². The van der Waals surface area contributed by atoms with Gasteiger partial charge < -0.3 is 20.3 Å². The molecule has 2 aliphatic rings. The van der Waals surface area contributed by atoms with Gasteiger partial charge >= 0.3 is 0 Å². The number of carbonyl (C=O) groups is 2. The van der Waals surface area contributed by atoms with Crippen LogP contribution in [0.1, 0.15) is 31.2 Å². The van der Waals surface area contributed by atoms with Crippen LogP contribution in [0.3, 0.4) is 0 Å². The fourth-order valence-corrected chi connectivity index (χ4v) is 3.84. The van der Waals surface area contributed by atoms with E-state index in [1.54, 1.807) is 12.0 Å². The molecule has 2 atom stereocenters.